The van der Waals surface area contributed by atoms with Crippen LogP contribution >= 0.6 is 23.2 Å². The van der Waals surface area contributed by atoms with Gasteiger partial charge in [0.05, 0.1) is 22.2 Å². The van der Waals surface area contributed by atoms with Gasteiger partial charge < -0.3 is 14.5 Å². The Kier molecular flexibility index (Phi) is 6.29. The van der Waals surface area contributed by atoms with Crippen LogP contribution in [0.4, 0.5) is 9.18 Å². The van der Waals surface area contributed by atoms with E-state index < -0.39 is 5.82 Å². The molecule has 1 saturated heterocycles. The van der Waals surface area contributed by atoms with E-state index in [2.05, 4.69) is 0 Å². The standard InChI is InChI=1S/C16H19Cl2FN2O3/c1-10(2)9-24-16(23)21-5-3-20(4-6-21)15(22)11-7-14(19)13(18)8-12(11)17/h7-8,10H,3-6,9H2,1-2H3. The van der Waals surface area contributed by atoms with Gasteiger partial charge in [-0.2, -0.15) is 0 Å². The van der Waals surface area contributed by atoms with Crippen LogP contribution < -0.4 is 0 Å². The van der Waals surface area contributed by atoms with Gasteiger partial charge in [0, 0.05) is 26.2 Å². The predicted molar refractivity (Wildman–Crippen MR) is 90.1 cm³/mol. The maximum absolute atomic E-state index is 13.6. The lowest BCUT2D eigenvalue weighted by molar-refractivity contribution is 0.0535. The summed E-state index contributed by atoms with van der Waals surface area (Å²) < 4.78 is 18.7. The first-order valence-electron chi connectivity index (χ1n) is 7.65. The molecule has 1 fully saturated rings. The van der Waals surface area contributed by atoms with Crippen molar-refractivity contribution in [3.8, 4) is 0 Å². The quantitative estimate of drug-likeness (QED) is 0.755. The van der Waals surface area contributed by atoms with Crippen molar-refractivity contribution in [2.24, 2.45) is 5.92 Å². The van der Waals surface area contributed by atoms with Gasteiger partial charge in [-0.3, -0.25) is 4.79 Å². The van der Waals surface area contributed by atoms with Crippen molar-refractivity contribution >= 4 is 35.2 Å². The molecule has 0 aliphatic carbocycles. The number of benzene rings is 1. The highest BCUT2D eigenvalue weighted by Crippen LogP contribution is 2.25. The Labute approximate surface area is 150 Å². The molecule has 0 N–H and O–H groups in total. The third-order valence-corrected chi connectivity index (χ3v) is 4.21. The molecule has 8 heteroatoms. The fraction of sp³-hybridized carbons (Fsp3) is 0.500. The number of hydrogen-bond acceptors (Lipinski definition) is 3. The highest BCUT2D eigenvalue weighted by molar-refractivity contribution is 6.36. The normalized spacial score (nSPS) is 14.9. The Hall–Kier alpha value is -1.53. The number of nitrogens with zero attached hydrogens (tertiary/aromatic N) is 2. The molecule has 1 aliphatic heterocycles. The zero-order chi connectivity index (χ0) is 17.9. The zero-order valence-corrected chi connectivity index (χ0v) is 15.0. The fourth-order valence-electron chi connectivity index (χ4n) is 2.28. The average Bonchev–Trinajstić information content (AvgIpc) is 2.55. The molecule has 5 nitrogen and oxygen atoms in total. The van der Waals surface area contributed by atoms with E-state index in [0.717, 1.165) is 6.07 Å². The summed E-state index contributed by atoms with van der Waals surface area (Å²) in [6.07, 6.45) is -0.383. The van der Waals surface area contributed by atoms with Crippen LogP contribution in [-0.4, -0.2) is 54.6 Å². The van der Waals surface area contributed by atoms with E-state index in [0.29, 0.717) is 32.8 Å². The molecule has 1 aromatic carbocycles. The van der Waals surface area contributed by atoms with Crippen LogP contribution in [0.5, 0.6) is 0 Å². The molecule has 1 aromatic rings. The molecule has 1 aliphatic rings. The van der Waals surface area contributed by atoms with Crippen LogP contribution in [0.1, 0.15) is 24.2 Å². The van der Waals surface area contributed by atoms with E-state index in [1.54, 1.807) is 4.90 Å². The number of ether oxygens (including phenoxy) is 1. The number of hydrogen-bond donors (Lipinski definition) is 0. The summed E-state index contributed by atoms with van der Waals surface area (Å²) in [4.78, 5) is 27.5. The van der Waals surface area contributed by atoms with Gasteiger partial charge in [-0.1, -0.05) is 37.0 Å². The minimum atomic E-state index is -0.694. The molecule has 24 heavy (non-hydrogen) atoms. The third-order valence-electron chi connectivity index (χ3n) is 3.61. The molecule has 0 atom stereocenters. The largest absolute Gasteiger partial charge is 0.449 e. The molecular weight excluding hydrogens is 358 g/mol. The summed E-state index contributed by atoms with van der Waals surface area (Å²) in [6.45, 7) is 5.65. The van der Waals surface area contributed by atoms with E-state index in [1.165, 1.54) is 11.0 Å². The van der Waals surface area contributed by atoms with Gasteiger partial charge in [0.2, 0.25) is 0 Å². The Bertz CT molecular complexity index is 632. The molecule has 0 unspecified atom stereocenters. The van der Waals surface area contributed by atoms with Gasteiger partial charge in [0.1, 0.15) is 5.82 Å². The lowest BCUT2D eigenvalue weighted by Crippen LogP contribution is -2.50. The Morgan fingerprint density at radius 3 is 2.29 bits per heavy atom. The number of carbonyl (C=O) groups excluding carboxylic acids is 2. The first kappa shape index (κ1) is 18.8. The molecule has 132 valence electrons. The molecule has 1 heterocycles. The summed E-state index contributed by atoms with van der Waals surface area (Å²) >= 11 is 11.6. The van der Waals surface area contributed by atoms with Crippen LogP contribution in [0.25, 0.3) is 0 Å². The lowest BCUT2D eigenvalue weighted by Gasteiger charge is -2.34. The highest BCUT2D eigenvalue weighted by Gasteiger charge is 2.27. The topological polar surface area (TPSA) is 49.9 Å². The summed E-state index contributed by atoms with van der Waals surface area (Å²) in [5.41, 5.74) is 0.0643. The van der Waals surface area contributed by atoms with Gasteiger partial charge in [-0.05, 0) is 18.1 Å². The van der Waals surface area contributed by atoms with E-state index in [4.69, 9.17) is 27.9 Å². The Morgan fingerprint density at radius 1 is 1.12 bits per heavy atom. The van der Waals surface area contributed by atoms with E-state index in [1.807, 2.05) is 13.8 Å². The second-order valence-electron chi connectivity index (χ2n) is 6.00. The van der Waals surface area contributed by atoms with Gasteiger partial charge in [0.25, 0.3) is 5.91 Å². The summed E-state index contributed by atoms with van der Waals surface area (Å²) in [6, 6.07) is 2.25. The first-order chi connectivity index (χ1) is 11.3. The van der Waals surface area contributed by atoms with Gasteiger partial charge in [-0.15, -0.1) is 0 Å². The number of halogens is 3. The van der Waals surface area contributed by atoms with Crippen LogP contribution in [0.2, 0.25) is 10.0 Å². The summed E-state index contributed by atoms with van der Waals surface area (Å²) in [5.74, 6) is -0.815. The second kappa shape index (κ2) is 8.03. The number of carbonyl (C=O) groups is 2. The number of piperazine rings is 1. The fourth-order valence-corrected chi connectivity index (χ4v) is 2.74. The molecule has 0 bridgehead atoms. The highest BCUT2D eigenvalue weighted by atomic mass is 35.5. The van der Waals surface area contributed by atoms with E-state index in [-0.39, 0.29) is 33.5 Å². The van der Waals surface area contributed by atoms with Crippen LogP contribution in [0.3, 0.4) is 0 Å². The van der Waals surface area contributed by atoms with Crippen molar-refractivity contribution in [1.82, 2.24) is 9.80 Å². The summed E-state index contributed by atoms with van der Waals surface area (Å²) in [7, 11) is 0. The van der Waals surface area contributed by atoms with Gasteiger partial charge in [-0.25, -0.2) is 9.18 Å². The maximum Gasteiger partial charge on any atom is 0.409 e. The molecule has 0 radical (unpaired) electrons. The first-order valence-corrected chi connectivity index (χ1v) is 8.40. The van der Waals surface area contributed by atoms with Crippen molar-refractivity contribution in [2.75, 3.05) is 32.8 Å². The molecule has 2 amide bonds. The Balaban J connectivity index is 1.96. The lowest BCUT2D eigenvalue weighted by atomic mass is 10.1. The van der Waals surface area contributed by atoms with Crippen LogP contribution in [0.15, 0.2) is 12.1 Å². The van der Waals surface area contributed by atoms with Crippen molar-refractivity contribution in [3.05, 3.63) is 33.6 Å². The van der Waals surface area contributed by atoms with Crippen molar-refractivity contribution < 1.29 is 18.7 Å². The summed E-state index contributed by atoms with van der Waals surface area (Å²) in [5, 5.41) is -0.0283. The van der Waals surface area contributed by atoms with Crippen molar-refractivity contribution in [1.29, 1.82) is 0 Å². The Morgan fingerprint density at radius 2 is 1.71 bits per heavy atom. The predicted octanol–water partition coefficient (Wildman–Crippen LogP) is 3.68. The minimum absolute atomic E-state index is 0.0643. The molecule has 0 saturated carbocycles. The molecule has 0 spiro atoms. The maximum atomic E-state index is 13.6. The molecule has 2 rings (SSSR count). The number of rotatable bonds is 3. The van der Waals surface area contributed by atoms with E-state index in [9.17, 15) is 14.0 Å². The SMILES string of the molecule is CC(C)COC(=O)N1CCN(C(=O)c2cc(F)c(Cl)cc2Cl)CC1. The van der Waals surface area contributed by atoms with Crippen molar-refractivity contribution in [2.45, 2.75) is 13.8 Å². The molecular formula is C16H19Cl2FN2O3. The third kappa shape index (κ3) is 4.51. The monoisotopic (exact) mass is 376 g/mol. The smallest absolute Gasteiger partial charge is 0.409 e. The zero-order valence-electron chi connectivity index (χ0n) is 13.5. The van der Waals surface area contributed by atoms with Crippen LogP contribution in [0, 0.1) is 11.7 Å². The second-order valence-corrected chi connectivity index (χ2v) is 6.81. The van der Waals surface area contributed by atoms with Gasteiger partial charge in [0.15, 0.2) is 0 Å². The number of amides is 2. The van der Waals surface area contributed by atoms with Crippen LogP contribution in [-0.2, 0) is 4.74 Å². The van der Waals surface area contributed by atoms with Crippen molar-refractivity contribution in [3.63, 3.8) is 0 Å². The van der Waals surface area contributed by atoms with Gasteiger partial charge >= 0.3 is 6.09 Å². The van der Waals surface area contributed by atoms with E-state index >= 15 is 0 Å². The molecule has 0 aromatic heterocycles. The average molecular weight is 377 g/mol. The minimum Gasteiger partial charge on any atom is -0.449 e.